The number of alkyl halides is 6. The number of hydrogen-bond donors (Lipinski definition) is 2. The normalized spacial score (nSPS) is 13.1. The zero-order valence-corrected chi connectivity index (χ0v) is 21.8. The molecular weight excluding hydrogens is 596 g/mol. The van der Waals surface area contributed by atoms with E-state index in [0.29, 0.717) is 24.7 Å². The largest absolute Gasteiger partial charge is 0.492 e. The third-order valence-corrected chi connectivity index (χ3v) is 6.69. The molecule has 2 aromatic carbocycles. The molecule has 0 radical (unpaired) electrons. The van der Waals surface area contributed by atoms with E-state index in [1.807, 2.05) is 0 Å². The minimum Gasteiger partial charge on any atom is -0.479 e. The van der Waals surface area contributed by atoms with E-state index in [2.05, 4.69) is 25.4 Å². The fourth-order valence-corrected chi connectivity index (χ4v) is 3.90. The third-order valence-electron chi connectivity index (χ3n) is 4.84. The Morgan fingerprint density at radius 3 is 2.15 bits per heavy atom. The Morgan fingerprint density at radius 1 is 0.975 bits per heavy atom. The van der Waals surface area contributed by atoms with Gasteiger partial charge in [-0.05, 0) is 53.9 Å². The number of anilines is 4. The molecule has 10 nitrogen and oxygen atoms in total. The van der Waals surface area contributed by atoms with E-state index in [0.717, 1.165) is 24.5 Å². The van der Waals surface area contributed by atoms with E-state index in [-0.39, 0.29) is 21.8 Å². The van der Waals surface area contributed by atoms with Crippen LogP contribution >= 0.6 is 11.6 Å². The topological polar surface area (TPSA) is 123 Å². The molecular formula is C22H18ClF6N5O5S. The molecule has 0 amide bonds. The van der Waals surface area contributed by atoms with Crippen molar-refractivity contribution in [3.63, 3.8) is 0 Å². The van der Waals surface area contributed by atoms with Crippen molar-refractivity contribution in [1.29, 1.82) is 0 Å². The molecule has 216 valence electrons. The summed E-state index contributed by atoms with van der Waals surface area (Å²) in [6, 6.07) is 10.2. The van der Waals surface area contributed by atoms with Crippen molar-refractivity contribution < 1.29 is 49.1 Å². The molecule has 1 unspecified atom stereocenters. The number of nitrogens with zero attached hydrogens (tertiary/aromatic N) is 3. The number of halogens is 7. The van der Waals surface area contributed by atoms with Gasteiger partial charge in [0.1, 0.15) is 23.7 Å². The molecule has 3 rings (SSSR count). The van der Waals surface area contributed by atoms with Crippen molar-refractivity contribution >= 4 is 50.6 Å². The van der Waals surface area contributed by atoms with Crippen molar-refractivity contribution in [3.8, 4) is 5.75 Å². The second-order valence-corrected chi connectivity index (χ2v) is 10.2. The zero-order valence-electron chi connectivity index (χ0n) is 20.2. The molecule has 1 aromatic heterocycles. The summed E-state index contributed by atoms with van der Waals surface area (Å²) in [5.74, 6) is -3.11. The van der Waals surface area contributed by atoms with Gasteiger partial charge in [-0.25, -0.2) is 23.2 Å². The van der Waals surface area contributed by atoms with E-state index in [1.165, 1.54) is 6.07 Å². The lowest BCUT2D eigenvalue weighted by Gasteiger charge is -2.22. The number of nitrogens with one attached hydrogen (secondary N) is 2. The smallest absolute Gasteiger partial charge is 0.479 e. The van der Waals surface area contributed by atoms with E-state index in [9.17, 15) is 39.6 Å². The monoisotopic (exact) mass is 613 g/mol. The highest BCUT2D eigenvalue weighted by Gasteiger charge is 2.44. The number of ether oxygens (including phenoxy) is 1. The Kier molecular flexibility index (Phi) is 9.00. The first-order chi connectivity index (χ1) is 18.5. The van der Waals surface area contributed by atoms with Crippen LogP contribution in [0, 0.1) is 0 Å². The second-order valence-electron chi connectivity index (χ2n) is 7.80. The summed E-state index contributed by atoms with van der Waals surface area (Å²) in [5.41, 5.74) is 0.200. The number of hydrogen-bond acceptors (Lipinski definition) is 9. The molecule has 3 aromatic rings. The quantitative estimate of drug-likeness (QED) is 0.235. The van der Waals surface area contributed by atoms with Gasteiger partial charge < -0.3 is 20.2 Å². The predicted molar refractivity (Wildman–Crippen MR) is 130 cm³/mol. The highest BCUT2D eigenvalue weighted by molar-refractivity contribution is 7.89. The van der Waals surface area contributed by atoms with Crippen LogP contribution in [-0.2, 0) is 19.7 Å². The first-order valence-electron chi connectivity index (χ1n) is 10.7. The van der Waals surface area contributed by atoms with E-state index in [1.54, 1.807) is 24.3 Å². The predicted octanol–water partition coefficient (Wildman–Crippen LogP) is 5.59. The number of carbonyl (C=O) groups excluding carboxylic acids is 1. The molecule has 1 heterocycles. The van der Waals surface area contributed by atoms with Crippen LogP contribution in [0.4, 0.5) is 49.4 Å². The molecule has 0 spiro atoms. The summed E-state index contributed by atoms with van der Waals surface area (Å²) in [7, 11) is -4.39. The maximum Gasteiger partial charge on any atom is 0.492 e. The molecule has 2 N–H and O–H groups in total. The number of hydroxylamine groups is 1. The van der Waals surface area contributed by atoms with Crippen molar-refractivity contribution in [2.45, 2.75) is 30.3 Å². The second kappa shape index (κ2) is 11.7. The Morgan fingerprint density at radius 2 is 1.57 bits per heavy atom. The van der Waals surface area contributed by atoms with Crippen LogP contribution in [0.2, 0.25) is 5.02 Å². The molecule has 0 aliphatic carbocycles. The van der Waals surface area contributed by atoms with Gasteiger partial charge in [0.05, 0.1) is 10.6 Å². The number of benzene rings is 2. The van der Waals surface area contributed by atoms with Crippen LogP contribution in [0.1, 0.15) is 6.92 Å². The molecule has 0 saturated heterocycles. The van der Waals surface area contributed by atoms with Crippen LogP contribution in [0.25, 0.3) is 0 Å². The highest BCUT2D eigenvalue weighted by atomic mass is 35.5. The molecule has 0 bridgehead atoms. The van der Waals surface area contributed by atoms with Crippen LogP contribution < -0.4 is 15.4 Å². The summed E-state index contributed by atoms with van der Waals surface area (Å²) in [4.78, 5) is 22.1. The average molecular weight is 614 g/mol. The van der Waals surface area contributed by atoms with Crippen molar-refractivity contribution in [2.24, 2.45) is 0 Å². The van der Waals surface area contributed by atoms with Gasteiger partial charge in [0.2, 0.25) is 0 Å². The molecule has 0 saturated carbocycles. The Hall–Kier alpha value is -3.83. The molecule has 0 fully saturated rings. The van der Waals surface area contributed by atoms with Crippen LogP contribution in [0.5, 0.6) is 5.75 Å². The lowest BCUT2D eigenvalue weighted by Crippen LogP contribution is -2.36. The third kappa shape index (κ3) is 7.86. The maximum atomic E-state index is 13.1. The molecule has 0 aliphatic heterocycles. The van der Waals surface area contributed by atoms with Crippen LogP contribution in [0.3, 0.4) is 0 Å². The van der Waals surface area contributed by atoms with Crippen molar-refractivity contribution in [2.75, 3.05) is 17.7 Å². The van der Waals surface area contributed by atoms with E-state index >= 15 is 0 Å². The van der Waals surface area contributed by atoms with Gasteiger partial charge in [0.25, 0.3) is 10.0 Å². The fourth-order valence-electron chi connectivity index (χ4n) is 2.81. The van der Waals surface area contributed by atoms with Gasteiger partial charge in [0.15, 0.2) is 6.10 Å². The molecule has 1 atom stereocenters. The van der Waals surface area contributed by atoms with Gasteiger partial charge in [0, 0.05) is 23.8 Å². The molecule has 40 heavy (non-hydrogen) atoms. The Bertz CT molecular complexity index is 1470. The fraction of sp³-hybridized carbons (Fsp3) is 0.227. The average Bonchev–Trinajstić information content (AvgIpc) is 2.85. The molecule has 0 aliphatic rings. The molecule has 18 heteroatoms. The summed E-state index contributed by atoms with van der Waals surface area (Å²) in [5, 5.41) is 6.01. The number of carbonyl (C=O) groups is 1. The SMILES string of the molecule is CC(Oc1ccc(S(=O)(=O)N(C)OC(=O)C(F)(F)F)cc1Nc1cc(Nc2ccc(Cl)cc2)ncn1)C(F)(F)F. The van der Waals surface area contributed by atoms with Crippen LogP contribution in [0.15, 0.2) is 59.8 Å². The number of aromatic nitrogens is 2. The highest BCUT2D eigenvalue weighted by Crippen LogP contribution is 2.35. The van der Waals surface area contributed by atoms with Gasteiger partial charge in [-0.15, -0.1) is 0 Å². The van der Waals surface area contributed by atoms with Crippen LogP contribution in [-0.4, -0.2) is 54.3 Å². The lowest BCUT2D eigenvalue weighted by molar-refractivity contribution is -0.219. The van der Waals surface area contributed by atoms with Crippen molar-refractivity contribution in [3.05, 3.63) is 59.9 Å². The van der Waals surface area contributed by atoms with Gasteiger partial charge in [-0.2, -0.15) is 26.3 Å². The van der Waals surface area contributed by atoms with E-state index < -0.39 is 45.1 Å². The summed E-state index contributed by atoms with van der Waals surface area (Å²) >= 11 is 5.85. The number of rotatable bonds is 9. The maximum absolute atomic E-state index is 13.1. The minimum absolute atomic E-state index is 0.0395. The zero-order chi connectivity index (χ0) is 29.9. The van der Waals surface area contributed by atoms with Gasteiger partial charge >= 0.3 is 18.3 Å². The Labute approximate surface area is 227 Å². The first-order valence-corrected chi connectivity index (χ1v) is 12.6. The standard InChI is InChI=1S/C22H18ClF6N5O5S/c1-12(21(24,25)26)38-17-8-7-15(40(36,37)34(2)39-20(35)22(27,28)29)9-16(17)33-19-10-18(30-11-31-19)32-14-5-3-13(23)4-6-14/h3-12H,1-2H3,(H2,30,31,32,33). The van der Waals surface area contributed by atoms with Crippen molar-refractivity contribution in [1.82, 2.24) is 14.4 Å². The first kappa shape index (κ1) is 30.7. The minimum atomic E-state index is -5.49. The lowest BCUT2D eigenvalue weighted by atomic mass is 10.2. The number of sulfonamides is 1. The van der Waals surface area contributed by atoms with Gasteiger partial charge in [-0.3, -0.25) is 0 Å². The summed E-state index contributed by atoms with van der Waals surface area (Å²) in [6.45, 7) is 0.706. The summed E-state index contributed by atoms with van der Waals surface area (Å²) < 4.78 is 107. The Balaban J connectivity index is 1.96. The van der Waals surface area contributed by atoms with E-state index in [4.69, 9.17) is 16.3 Å². The summed E-state index contributed by atoms with van der Waals surface area (Å²) in [6.07, 6.45) is -11.5. The van der Waals surface area contributed by atoms with Gasteiger partial charge in [-0.1, -0.05) is 11.6 Å².